The van der Waals surface area contributed by atoms with Crippen LogP contribution in [-0.2, 0) is 20.7 Å². The monoisotopic (exact) mass is 605 g/mol. The van der Waals surface area contributed by atoms with Crippen molar-refractivity contribution in [3.8, 4) is 0 Å². The number of benzene rings is 2. The van der Waals surface area contributed by atoms with Crippen LogP contribution in [0.5, 0.6) is 0 Å². The molecule has 2 rings (SSSR count). The number of nitrogens with zero attached hydrogens (tertiary/aromatic N) is 1. The zero-order chi connectivity index (χ0) is 32.5. The molecule has 0 fully saturated rings. The Morgan fingerprint density at radius 3 is 2.23 bits per heavy atom. The lowest BCUT2D eigenvalue weighted by Gasteiger charge is -2.35. The predicted molar refractivity (Wildman–Crippen MR) is 180 cm³/mol. The minimum absolute atomic E-state index is 0.0522. The highest BCUT2D eigenvalue weighted by Gasteiger charge is 2.36. The molecule has 0 saturated carbocycles. The third kappa shape index (κ3) is 12.9. The van der Waals surface area contributed by atoms with Gasteiger partial charge in [0.2, 0.25) is 11.8 Å². The maximum absolute atomic E-state index is 14.7. The standard InChI is InChI=1S/C37H55N3O4/c1-8-11-12-13-14-18-25-40(33(34(41)38-28(4)20-9-2)31-24-19-23-29(10-3)26-31)35(42)32(27-30-21-16-15-17-22-30)39-36(43)44-37(5,6)7/h10,15-17,19,21-24,26,28,32-33H,3,8-9,11-14,18,20,25,27H2,1-2,4-7H3,(H,38,41)(H,39,43). The number of unbranched alkanes of at least 4 members (excludes halogenated alkanes) is 5. The third-order valence-corrected chi connectivity index (χ3v) is 7.44. The molecule has 3 atom stereocenters. The molecule has 2 aromatic carbocycles. The molecule has 2 N–H and O–H groups in total. The molecule has 0 aromatic heterocycles. The van der Waals surface area contributed by atoms with Crippen molar-refractivity contribution in [2.45, 2.75) is 123 Å². The highest BCUT2D eigenvalue weighted by atomic mass is 16.6. The van der Waals surface area contributed by atoms with Gasteiger partial charge < -0.3 is 20.3 Å². The summed E-state index contributed by atoms with van der Waals surface area (Å²) in [6.45, 7) is 15.9. The van der Waals surface area contributed by atoms with Crippen LogP contribution in [0.1, 0.15) is 116 Å². The first-order valence-corrected chi connectivity index (χ1v) is 16.4. The van der Waals surface area contributed by atoms with E-state index in [1.165, 1.54) is 6.42 Å². The number of alkyl carbamates (subject to hydrolysis) is 1. The molecule has 242 valence electrons. The zero-order valence-corrected chi connectivity index (χ0v) is 27.9. The molecule has 0 aliphatic rings. The fourth-order valence-corrected chi connectivity index (χ4v) is 5.28. The van der Waals surface area contributed by atoms with Crippen molar-refractivity contribution in [2.75, 3.05) is 6.54 Å². The lowest BCUT2D eigenvalue weighted by molar-refractivity contribution is -0.142. The van der Waals surface area contributed by atoms with Crippen molar-refractivity contribution in [1.29, 1.82) is 0 Å². The molecule has 0 bridgehead atoms. The Balaban J connectivity index is 2.56. The van der Waals surface area contributed by atoms with Crippen LogP contribution >= 0.6 is 0 Å². The Bertz CT molecular complexity index is 1170. The van der Waals surface area contributed by atoms with Crippen molar-refractivity contribution in [3.63, 3.8) is 0 Å². The molecule has 0 radical (unpaired) electrons. The van der Waals surface area contributed by atoms with Gasteiger partial charge in [-0.3, -0.25) is 9.59 Å². The smallest absolute Gasteiger partial charge is 0.408 e. The first kappa shape index (κ1) is 36.6. The number of amides is 3. The maximum Gasteiger partial charge on any atom is 0.408 e. The highest BCUT2D eigenvalue weighted by Crippen LogP contribution is 2.26. The molecule has 0 aliphatic heterocycles. The van der Waals surface area contributed by atoms with E-state index in [4.69, 9.17) is 4.74 Å². The Morgan fingerprint density at radius 1 is 0.909 bits per heavy atom. The molecule has 44 heavy (non-hydrogen) atoms. The van der Waals surface area contributed by atoms with Crippen molar-refractivity contribution in [3.05, 3.63) is 77.9 Å². The normalized spacial score (nSPS) is 13.3. The fourth-order valence-electron chi connectivity index (χ4n) is 5.28. The molecular formula is C37H55N3O4. The van der Waals surface area contributed by atoms with Gasteiger partial charge in [0.15, 0.2) is 0 Å². The van der Waals surface area contributed by atoms with Gasteiger partial charge in [0.1, 0.15) is 17.7 Å². The second-order valence-electron chi connectivity index (χ2n) is 12.7. The van der Waals surface area contributed by atoms with E-state index >= 15 is 0 Å². The van der Waals surface area contributed by atoms with E-state index in [9.17, 15) is 14.4 Å². The summed E-state index contributed by atoms with van der Waals surface area (Å²) < 4.78 is 5.56. The maximum atomic E-state index is 14.7. The Morgan fingerprint density at radius 2 is 1.59 bits per heavy atom. The number of hydrogen-bond acceptors (Lipinski definition) is 4. The van der Waals surface area contributed by atoms with Crippen LogP contribution in [0.3, 0.4) is 0 Å². The summed E-state index contributed by atoms with van der Waals surface area (Å²) in [5, 5.41) is 6.01. The summed E-state index contributed by atoms with van der Waals surface area (Å²) >= 11 is 0. The van der Waals surface area contributed by atoms with Crippen molar-refractivity contribution >= 4 is 24.0 Å². The summed E-state index contributed by atoms with van der Waals surface area (Å²) in [5.41, 5.74) is 1.74. The summed E-state index contributed by atoms with van der Waals surface area (Å²) in [5.74, 6) is -0.553. The second-order valence-corrected chi connectivity index (χ2v) is 12.7. The quantitative estimate of drug-likeness (QED) is 0.169. The number of carbonyl (C=O) groups is 3. The van der Waals surface area contributed by atoms with Crippen LogP contribution in [0.2, 0.25) is 0 Å². The van der Waals surface area contributed by atoms with Gasteiger partial charge >= 0.3 is 6.09 Å². The van der Waals surface area contributed by atoms with E-state index in [-0.39, 0.29) is 24.3 Å². The molecule has 3 unspecified atom stereocenters. The fraction of sp³-hybridized carbons (Fsp3) is 0.541. The Hall–Kier alpha value is -3.61. The second kappa shape index (κ2) is 18.9. The van der Waals surface area contributed by atoms with Crippen LogP contribution in [0.25, 0.3) is 6.08 Å². The predicted octanol–water partition coefficient (Wildman–Crippen LogP) is 8.00. The van der Waals surface area contributed by atoms with E-state index in [1.807, 2.05) is 61.5 Å². The van der Waals surface area contributed by atoms with Gasteiger partial charge in [-0.05, 0) is 63.3 Å². The SMILES string of the molecule is C=Cc1cccc(C(C(=O)NC(C)CCC)N(CCCCCCCC)C(=O)C(Cc2ccccc2)NC(=O)OC(C)(C)C)c1. The average molecular weight is 606 g/mol. The van der Waals surface area contributed by atoms with Crippen LogP contribution in [0.15, 0.2) is 61.2 Å². The van der Waals surface area contributed by atoms with E-state index < -0.39 is 23.8 Å². The van der Waals surface area contributed by atoms with E-state index in [2.05, 4.69) is 31.1 Å². The van der Waals surface area contributed by atoms with Gasteiger partial charge in [-0.1, -0.05) is 114 Å². The van der Waals surface area contributed by atoms with E-state index in [0.29, 0.717) is 12.1 Å². The summed E-state index contributed by atoms with van der Waals surface area (Å²) in [6.07, 6.45) is 9.31. The number of rotatable bonds is 18. The average Bonchev–Trinajstić information content (AvgIpc) is 2.97. The highest BCUT2D eigenvalue weighted by molar-refractivity contribution is 5.92. The van der Waals surface area contributed by atoms with Crippen molar-refractivity contribution in [2.24, 2.45) is 0 Å². The van der Waals surface area contributed by atoms with Crippen LogP contribution < -0.4 is 10.6 Å². The minimum atomic E-state index is -0.932. The molecular weight excluding hydrogens is 550 g/mol. The van der Waals surface area contributed by atoms with Crippen LogP contribution in [0.4, 0.5) is 4.79 Å². The summed E-state index contributed by atoms with van der Waals surface area (Å²) in [6, 6.07) is 15.3. The topological polar surface area (TPSA) is 87.7 Å². The van der Waals surface area contributed by atoms with Gasteiger partial charge in [-0.2, -0.15) is 0 Å². The van der Waals surface area contributed by atoms with Gasteiger partial charge in [0, 0.05) is 19.0 Å². The van der Waals surface area contributed by atoms with Gasteiger partial charge in [-0.15, -0.1) is 0 Å². The summed E-state index contributed by atoms with van der Waals surface area (Å²) in [7, 11) is 0. The Labute approximate surface area is 265 Å². The molecule has 0 aliphatic carbocycles. The summed E-state index contributed by atoms with van der Waals surface area (Å²) in [4.78, 5) is 43.4. The molecule has 3 amide bonds. The van der Waals surface area contributed by atoms with Gasteiger partial charge in [0.05, 0.1) is 0 Å². The van der Waals surface area contributed by atoms with Crippen LogP contribution in [0, 0.1) is 0 Å². The largest absolute Gasteiger partial charge is 0.444 e. The third-order valence-electron chi connectivity index (χ3n) is 7.44. The van der Waals surface area contributed by atoms with Crippen LogP contribution in [-0.4, -0.2) is 47.0 Å². The van der Waals surface area contributed by atoms with Crippen molar-refractivity contribution < 1.29 is 19.1 Å². The lowest BCUT2D eigenvalue weighted by atomic mass is 9.98. The first-order chi connectivity index (χ1) is 21.0. The molecule has 2 aromatic rings. The zero-order valence-electron chi connectivity index (χ0n) is 27.9. The Kier molecular flexibility index (Phi) is 15.7. The van der Waals surface area contributed by atoms with Gasteiger partial charge in [-0.25, -0.2) is 4.79 Å². The molecule has 0 spiro atoms. The number of carbonyl (C=O) groups excluding carboxylic acids is 3. The first-order valence-electron chi connectivity index (χ1n) is 16.4. The minimum Gasteiger partial charge on any atom is -0.444 e. The molecule has 0 saturated heterocycles. The number of ether oxygens (including phenoxy) is 1. The number of hydrogen-bond donors (Lipinski definition) is 2. The lowest BCUT2D eigenvalue weighted by Crippen LogP contribution is -2.54. The van der Waals surface area contributed by atoms with Gasteiger partial charge in [0.25, 0.3) is 0 Å². The molecule has 7 nitrogen and oxygen atoms in total. The van der Waals surface area contributed by atoms with E-state index in [0.717, 1.165) is 56.1 Å². The number of nitrogens with one attached hydrogen (secondary N) is 2. The van der Waals surface area contributed by atoms with E-state index in [1.54, 1.807) is 31.7 Å². The van der Waals surface area contributed by atoms with Crippen molar-refractivity contribution in [1.82, 2.24) is 15.5 Å². The molecule has 7 heteroatoms. The molecule has 0 heterocycles.